The van der Waals surface area contributed by atoms with E-state index in [2.05, 4.69) is 54.7 Å². The molecule has 6 aliphatic carbocycles. The van der Waals surface area contributed by atoms with Crippen LogP contribution in [-0.4, -0.2) is 14.2 Å². The number of allylic oxidation sites excluding steroid dienone is 2. The van der Waals surface area contributed by atoms with Gasteiger partial charge in [0.25, 0.3) is 0 Å². The van der Waals surface area contributed by atoms with Crippen molar-refractivity contribution in [2.75, 3.05) is 14.2 Å². The molecule has 2 heterocycles. The van der Waals surface area contributed by atoms with Crippen molar-refractivity contribution in [3.8, 4) is 11.5 Å². The number of fused-ring (bicyclic) bond motifs is 10. The SMILES string of the molecule is C=C1CCC[C@H]2[C@]3(C)Cc4oc(=O)cc(OC)c4[C@]3(C)CC[C@]12C.C=C1CCC[C@H]2[C@]3(C)Cc4oc(=O)cc(OC)c4[C@]3(C)CC[C@]12C. The smallest absolute Gasteiger partial charge is 0.339 e. The minimum absolute atomic E-state index is 0.00727. The second-order valence-corrected chi connectivity index (χ2v) is 17.6. The topological polar surface area (TPSA) is 78.9 Å². The molecule has 4 saturated carbocycles. The Balaban J connectivity index is 0.000000152. The van der Waals surface area contributed by atoms with Gasteiger partial charge in [0.1, 0.15) is 23.0 Å². The predicted molar refractivity (Wildman–Crippen MR) is 189 cm³/mol. The minimum Gasteiger partial charge on any atom is -0.496 e. The summed E-state index contributed by atoms with van der Waals surface area (Å²) in [4.78, 5) is 23.9. The van der Waals surface area contributed by atoms with Crippen LogP contribution in [-0.2, 0) is 23.7 Å². The first-order valence-electron chi connectivity index (χ1n) is 18.3. The first-order chi connectivity index (χ1) is 22.5. The van der Waals surface area contributed by atoms with Gasteiger partial charge in [-0.2, -0.15) is 0 Å². The van der Waals surface area contributed by atoms with Crippen LogP contribution in [0.2, 0.25) is 0 Å². The van der Waals surface area contributed by atoms with Crippen molar-refractivity contribution >= 4 is 0 Å². The molecule has 48 heavy (non-hydrogen) atoms. The monoisotopic (exact) mass is 656 g/mol. The third-order valence-corrected chi connectivity index (χ3v) is 16.0. The highest BCUT2D eigenvalue weighted by Gasteiger charge is 2.66. The van der Waals surface area contributed by atoms with E-state index in [1.165, 1.54) is 49.0 Å². The van der Waals surface area contributed by atoms with Crippen LogP contribution in [0.15, 0.2) is 54.9 Å². The number of ether oxygens (including phenoxy) is 2. The normalized spacial score (nSPS) is 40.7. The third-order valence-electron chi connectivity index (χ3n) is 16.0. The van der Waals surface area contributed by atoms with Crippen LogP contribution in [0.5, 0.6) is 11.5 Å². The number of methoxy groups -OCH3 is 2. The molecule has 0 spiro atoms. The Kier molecular flexibility index (Phi) is 7.49. The van der Waals surface area contributed by atoms with Crippen LogP contribution in [0.4, 0.5) is 0 Å². The van der Waals surface area contributed by atoms with Gasteiger partial charge in [-0.3, -0.25) is 0 Å². The van der Waals surface area contributed by atoms with E-state index in [1.807, 2.05) is 0 Å². The van der Waals surface area contributed by atoms with Gasteiger partial charge in [-0.25, -0.2) is 9.59 Å². The molecular formula is C42H56O6. The fourth-order valence-electron chi connectivity index (χ4n) is 12.7. The molecule has 0 bridgehead atoms. The molecule has 6 aliphatic rings. The molecule has 0 saturated heterocycles. The maximum atomic E-state index is 12.0. The van der Waals surface area contributed by atoms with E-state index in [-0.39, 0.29) is 43.7 Å². The zero-order valence-electron chi connectivity index (χ0n) is 30.7. The Bertz CT molecular complexity index is 1680. The maximum absolute atomic E-state index is 12.0. The Morgan fingerprint density at radius 2 is 1.02 bits per heavy atom. The molecule has 0 unspecified atom stereocenters. The lowest BCUT2D eigenvalue weighted by Gasteiger charge is -2.61. The van der Waals surface area contributed by atoms with Crippen molar-refractivity contribution in [1.29, 1.82) is 0 Å². The van der Waals surface area contributed by atoms with Crippen LogP contribution >= 0.6 is 0 Å². The highest BCUT2D eigenvalue weighted by molar-refractivity contribution is 5.50. The van der Waals surface area contributed by atoms with Gasteiger partial charge < -0.3 is 18.3 Å². The van der Waals surface area contributed by atoms with Crippen molar-refractivity contribution in [3.05, 3.63) is 79.9 Å². The highest BCUT2D eigenvalue weighted by Crippen LogP contribution is 2.72. The van der Waals surface area contributed by atoms with Gasteiger partial charge >= 0.3 is 11.3 Å². The summed E-state index contributed by atoms with van der Waals surface area (Å²) in [5.74, 6) is 4.28. The van der Waals surface area contributed by atoms with E-state index in [1.54, 1.807) is 14.2 Å². The van der Waals surface area contributed by atoms with Crippen LogP contribution < -0.4 is 20.7 Å². The van der Waals surface area contributed by atoms with Crippen molar-refractivity contribution in [3.63, 3.8) is 0 Å². The van der Waals surface area contributed by atoms with Crippen LogP contribution in [0.1, 0.15) is 128 Å². The summed E-state index contributed by atoms with van der Waals surface area (Å²) in [7, 11) is 3.31. The molecule has 6 heteroatoms. The minimum atomic E-state index is -0.299. The summed E-state index contributed by atoms with van der Waals surface area (Å²) in [6, 6.07) is 3.03. The third kappa shape index (κ3) is 4.16. The van der Waals surface area contributed by atoms with Gasteiger partial charge in [-0.15, -0.1) is 0 Å². The zero-order chi connectivity index (χ0) is 34.7. The molecule has 0 N–H and O–H groups in total. The van der Waals surface area contributed by atoms with Crippen molar-refractivity contribution in [2.24, 2.45) is 33.5 Å². The predicted octanol–water partition coefficient (Wildman–Crippen LogP) is 9.25. The van der Waals surface area contributed by atoms with Crippen LogP contribution in [0.25, 0.3) is 0 Å². The number of hydrogen-bond acceptors (Lipinski definition) is 6. The second-order valence-electron chi connectivity index (χ2n) is 17.6. The van der Waals surface area contributed by atoms with Gasteiger partial charge in [0.05, 0.1) is 26.4 Å². The molecule has 0 aromatic carbocycles. The van der Waals surface area contributed by atoms with Gasteiger partial charge in [-0.1, -0.05) is 65.8 Å². The first-order valence-corrected chi connectivity index (χ1v) is 18.3. The Hall–Kier alpha value is -3.02. The Labute approximate surface area is 286 Å². The second kappa shape index (κ2) is 10.7. The van der Waals surface area contributed by atoms with Crippen molar-refractivity contribution in [2.45, 2.75) is 129 Å². The van der Waals surface area contributed by atoms with E-state index >= 15 is 0 Å². The van der Waals surface area contributed by atoms with Crippen LogP contribution in [0.3, 0.4) is 0 Å². The van der Waals surface area contributed by atoms with Gasteiger partial charge in [0.2, 0.25) is 0 Å². The largest absolute Gasteiger partial charge is 0.496 e. The molecule has 260 valence electrons. The maximum Gasteiger partial charge on any atom is 0.339 e. The van der Waals surface area contributed by atoms with E-state index < -0.39 is 0 Å². The molecule has 0 aliphatic heterocycles. The standard InChI is InChI=1S/2C21H28O3/c2*1-13-7-6-8-16-19(13,2)9-10-20(3)18-14(23-5)11-17(22)24-15(18)12-21(16,20)4/h2*11,16H,1,6-10,12H2,2-5H3/t2*16-,19-,20+,21+/m11/s1. The number of rotatable bonds is 2. The number of hydrogen-bond donors (Lipinski definition) is 0. The Morgan fingerprint density at radius 1 is 0.646 bits per heavy atom. The summed E-state index contributed by atoms with van der Waals surface area (Å²) in [5, 5.41) is 0. The van der Waals surface area contributed by atoms with E-state index in [0.717, 1.165) is 74.0 Å². The lowest BCUT2D eigenvalue weighted by molar-refractivity contribution is -0.0594. The zero-order valence-corrected chi connectivity index (χ0v) is 30.7. The summed E-state index contributed by atoms with van der Waals surface area (Å²) >= 11 is 0. The molecule has 0 amide bonds. The quantitative estimate of drug-likeness (QED) is 0.300. The molecular weight excluding hydrogens is 600 g/mol. The summed E-state index contributed by atoms with van der Waals surface area (Å²) in [5.41, 5.74) is 5.10. The van der Waals surface area contributed by atoms with Crippen molar-refractivity contribution in [1.82, 2.24) is 0 Å². The fraction of sp³-hybridized carbons (Fsp3) is 0.667. The molecule has 8 rings (SSSR count). The lowest BCUT2D eigenvalue weighted by atomic mass is 9.43. The highest BCUT2D eigenvalue weighted by atomic mass is 16.5. The lowest BCUT2D eigenvalue weighted by Crippen LogP contribution is -2.56. The molecule has 6 nitrogen and oxygen atoms in total. The molecule has 4 fully saturated rings. The van der Waals surface area contributed by atoms with E-state index in [9.17, 15) is 9.59 Å². The molecule has 0 radical (unpaired) electrons. The van der Waals surface area contributed by atoms with Gasteiger partial charge in [-0.05, 0) is 97.7 Å². The molecule has 8 atom stereocenters. The van der Waals surface area contributed by atoms with Crippen LogP contribution in [0, 0.1) is 33.5 Å². The first kappa shape index (κ1) is 33.5. The summed E-state index contributed by atoms with van der Waals surface area (Å²) in [6.07, 6.45) is 13.4. The Morgan fingerprint density at radius 3 is 1.38 bits per heavy atom. The summed E-state index contributed by atoms with van der Waals surface area (Å²) < 4.78 is 22.5. The van der Waals surface area contributed by atoms with Crippen molar-refractivity contribution < 1.29 is 18.3 Å². The molecule has 2 aromatic rings. The fourth-order valence-corrected chi connectivity index (χ4v) is 12.7. The van der Waals surface area contributed by atoms with Gasteiger partial charge in [0, 0.05) is 34.8 Å². The van der Waals surface area contributed by atoms with Gasteiger partial charge in [0.15, 0.2) is 0 Å². The van der Waals surface area contributed by atoms with E-state index in [0.29, 0.717) is 23.3 Å². The average molecular weight is 657 g/mol. The molecule has 2 aromatic heterocycles. The van der Waals surface area contributed by atoms with E-state index in [4.69, 9.17) is 18.3 Å². The summed E-state index contributed by atoms with van der Waals surface area (Å²) in [6.45, 7) is 23.2. The average Bonchev–Trinajstić information content (AvgIpc) is 3.41.